The topological polar surface area (TPSA) is 64.6 Å². The predicted molar refractivity (Wildman–Crippen MR) is 89.9 cm³/mol. The molecule has 0 radical (unpaired) electrons. The monoisotopic (exact) mass is 293 g/mol. The minimum atomic E-state index is 0.0952. The van der Waals surface area contributed by atoms with Crippen molar-refractivity contribution in [2.24, 2.45) is 0 Å². The number of nitrogens with one attached hydrogen (secondary N) is 2. The summed E-state index contributed by atoms with van der Waals surface area (Å²) in [6.45, 7) is 10.2. The smallest absolute Gasteiger partial charge is 0.211 e. The van der Waals surface area contributed by atoms with Crippen LogP contribution in [-0.2, 0) is 11.3 Å². The number of anilines is 2. The van der Waals surface area contributed by atoms with Crippen molar-refractivity contribution in [2.45, 2.75) is 32.9 Å². The fraction of sp³-hybridized carbons (Fsp3) is 0.438. The second-order valence-electron chi connectivity index (χ2n) is 5.79. The minimum absolute atomic E-state index is 0.0952. The van der Waals surface area contributed by atoms with Gasteiger partial charge in [0.2, 0.25) is 6.41 Å². The van der Waals surface area contributed by atoms with Crippen LogP contribution >= 0.6 is 0 Å². The number of aliphatic hydroxyl groups excluding tert-OH is 1. The highest BCUT2D eigenvalue weighted by Crippen LogP contribution is 2.25. The lowest BCUT2D eigenvalue weighted by atomic mass is 10.1. The molecule has 0 fully saturated rings. The largest absolute Gasteiger partial charge is 0.516 e. The van der Waals surface area contributed by atoms with Crippen molar-refractivity contribution >= 4 is 17.8 Å². The first kappa shape index (κ1) is 19.0. The maximum atomic E-state index is 10.5. The Labute approximate surface area is 127 Å². The number of hydrogen-bond donors (Lipinski definition) is 3. The molecular formula is C16H27N3O2. The van der Waals surface area contributed by atoms with E-state index in [9.17, 15) is 4.79 Å². The second-order valence-corrected chi connectivity index (χ2v) is 5.79. The van der Waals surface area contributed by atoms with E-state index in [0.717, 1.165) is 24.2 Å². The zero-order valence-corrected chi connectivity index (χ0v) is 13.6. The molecule has 0 heterocycles. The molecule has 0 atom stereocenters. The highest BCUT2D eigenvalue weighted by molar-refractivity contribution is 5.81. The Hall–Kier alpha value is -2.01. The molecule has 1 amide bonds. The molecule has 1 rings (SSSR count). The quantitative estimate of drug-likeness (QED) is 0.577. The Morgan fingerprint density at radius 1 is 1.33 bits per heavy atom. The van der Waals surface area contributed by atoms with E-state index in [-0.39, 0.29) is 5.54 Å². The minimum Gasteiger partial charge on any atom is -0.516 e. The van der Waals surface area contributed by atoms with E-state index in [2.05, 4.69) is 44.1 Å². The third-order valence-corrected chi connectivity index (χ3v) is 2.58. The lowest BCUT2D eigenvalue weighted by Gasteiger charge is -2.22. The number of carbonyl (C=O) groups excluding carboxylic acids is 1. The Kier molecular flexibility index (Phi) is 8.16. The van der Waals surface area contributed by atoms with Gasteiger partial charge in [0.15, 0.2) is 0 Å². The van der Waals surface area contributed by atoms with E-state index in [0.29, 0.717) is 6.41 Å². The van der Waals surface area contributed by atoms with E-state index in [1.54, 1.807) is 0 Å². The molecule has 0 bridgehead atoms. The van der Waals surface area contributed by atoms with Crippen molar-refractivity contribution in [2.75, 3.05) is 24.3 Å². The zero-order valence-electron chi connectivity index (χ0n) is 13.6. The van der Waals surface area contributed by atoms with Gasteiger partial charge in [-0.2, -0.15) is 0 Å². The van der Waals surface area contributed by atoms with Crippen LogP contribution in [0.4, 0.5) is 11.4 Å². The average molecular weight is 293 g/mol. The van der Waals surface area contributed by atoms with Gasteiger partial charge in [-0.05, 0) is 38.5 Å². The van der Waals surface area contributed by atoms with Gasteiger partial charge in [0.05, 0.1) is 17.6 Å². The van der Waals surface area contributed by atoms with Crippen molar-refractivity contribution in [3.8, 4) is 0 Å². The number of hydrogen-bond acceptors (Lipinski definition) is 4. The molecular weight excluding hydrogens is 266 g/mol. The molecule has 118 valence electrons. The van der Waals surface area contributed by atoms with Gasteiger partial charge in [-0.1, -0.05) is 12.6 Å². The van der Waals surface area contributed by atoms with Crippen LogP contribution < -0.4 is 15.5 Å². The van der Waals surface area contributed by atoms with E-state index in [4.69, 9.17) is 5.11 Å². The molecule has 0 spiro atoms. The number of aliphatic hydroxyl groups is 1. The average Bonchev–Trinajstić information content (AvgIpc) is 2.37. The lowest BCUT2D eigenvalue weighted by Crippen LogP contribution is -2.35. The van der Waals surface area contributed by atoms with Gasteiger partial charge < -0.3 is 20.6 Å². The summed E-state index contributed by atoms with van der Waals surface area (Å²) in [5.74, 6) is 0. The van der Waals surface area contributed by atoms with Crippen molar-refractivity contribution in [1.29, 1.82) is 0 Å². The van der Waals surface area contributed by atoms with Crippen LogP contribution in [0.25, 0.3) is 0 Å². The van der Waals surface area contributed by atoms with Gasteiger partial charge >= 0.3 is 0 Å². The molecule has 1 aromatic carbocycles. The first-order valence-electron chi connectivity index (χ1n) is 6.75. The van der Waals surface area contributed by atoms with Crippen LogP contribution in [0, 0.1) is 0 Å². The van der Waals surface area contributed by atoms with E-state index in [1.807, 2.05) is 31.1 Å². The molecule has 0 unspecified atom stereocenters. The van der Waals surface area contributed by atoms with E-state index < -0.39 is 0 Å². The highest BCUT2D eigenvalue weighted by Gasteiger charge is 2.10. The first-order chi connectivity index (χ1) is 9.75. The van der Waals surface area contributed by atoms with Crippen molar-refractivity contribution < 1.29 is 9.90 Å². The number of benzene rings is 1. The van der Waals surface area contributed by atoms with E-state index in [1.165, 1.54) is 5.56 Å². The van der Waals surface area contributed by atoms with Crippen LogP contribution in [0.1, 0.15) is 26.3 Å². The molecule has 1 aromatic rings. The molecule has 5 heteroatoms. The molecule has 0 saturated heterocycles. The number of carbonyl (C=O) groups is 1. The molecule has 0 aliphatic heterocycles. The van der Waals surface area contributed by atoms with Crippen LogP contribution in [0.5, 0.6) is 0 Å². The molecule has 5 nitrogen and oxygen atoms in total. The Bertz CT molecular complexity index is 451. The maximum absolute atomic E-state index is 10.5. The summed E-state index contributed by atoms with van der Waals surface area (Å²) in [4.78, 5) is 12.5. The summed E-state index contributed by atoms with van der Waals surface area (Å²) >= 11 is 0. The Morgan fingerprint density at radius 3 is 2.33 bits per heavy atom. The van der Waals surface area contributed by atoms with Crippen LogP contribution in [-0.4, -0.2) is 31.2 Å². The van der Waals surface area contributed by atoms with Crippen LogP contribution in [0.15, 0.2) is 31.0 Å². The summed E-state index contributed by atoms with van der Waals surface area (Å²) in [6, 6.07) is 6.05. The van der Waals surface area contributed by atoms with Gasteiger partial charge in [-0.15, -0.1) is 0 Å². The van der Waals surface area contributed by atoms with Gasteiger partial charge in [-0.25, -0.2) is 0 Å². The SMILES string of the molecule is C=CO.CN(C)c1cc(CNC(C)(C)C)ccc1NC=O. The van der Waals surface area contributed by atoms with Gasteiger partial charge in [0.1, 0.15) is 0 Å². The predicted octanol–water partition coefficient (Wildman–Crippen LogP) is 2.90. The third kappa shape index (κ3) is 7.99. The number of rotatable bonds is 5. The van der Waals surface area contributed by atoms with Gasteiger partial charge in [0, 0.05) is 26.2 Å². The standard InChI is InChI=1S/C14H23N3O.C2H4O/c1-14(2,3)16-9-11-6-7-12(15-10-18)13(8-11)17(4)5;1-2-3/h6-8,10,16H,9H2,1-5H3,(H,15,18);2-3H,1H2. The van der Waals surface area contributed by atoms with Crippen LogP contribution in [0.2, 0.25) is 0 Å². The first-order valence-corrected chi connectivity index (χ1v) is 6.75. The molecule has 0 saturated carbocycles. The van der Waals surface area contributed by atoms with E-state index >= 15 is 0 Å². The molecule has 0 aliphatic carbocycles. The molecule has 0 aliphatic rings. The fourth-order valence-corrected chi connectivity index (χ4v) is 1.61. The fourth-order valence-electron chi connectivity index (χ4n) is 1.61. The maximum Gasteiger partial charge on any atom is 0.211 e. The summed E-state index contributed by atoms with van der Waals surface area (Å²) < 4.78 is 0. The van der Waals surface area contributed by atoms with Gasteiger partial charge in [0.25, 0.3) is 0 Å². The van der Waals surface area contributed by atoms with Gasteiger partial charge in [-0.3, -0.25) is 4.79 Å². The highest BCUT2D eigenvalue weighted by atomic mass is 16.2. The molecule has 0 aromatic heterocycles. The second kappa shape index (κ2) is 9.02. The Morgan fingerprint density at radius 2 is 1.90 bits per heavy atom. The summed E-state index contributed by atoms with van der Waals surface area (Å²) in [5, 5.41) is 13.5. The number of amides is 1. The lowest BCUT2D eigenvalue weighted by molar-refractivity contribution is -0.105. The number of nitrogens with zero attached hydrogens (tertiary/aromatic N) is 1. The summed E-state index contributed by atoms with van der Waals surface area (Å²) in [5.41, 5.74) is 3.13. The van der Waals surface area contributed by atoms with Crippen molar-refractivity contribution in [3.05, 3.63) is 36.6 Å². The van der Waals surface area contributed by atoms with Crippen LogP contribution in [0.3, 0.4) is 0 Å². The third-order valence-electron chi connectivity index (χ3n) is 2.58. The molecule has 3 N–H and O–H groups in total. The summed E-state index contributed by atoms with van der Waals surface area (Å²) in [7, 11) is 3.93. The van der Waals surface area contributed by atoms with Crippen molar-refractivity contribution in [1.82, 2.24) is 5.32 Å². The normalized spacial score (nSPS) is 10.1. The summed E-state index contributed by atoms with van der Waals surface area (Å²) in [6.07, 6.45) is 1.45. The zero-order chi connectivity index (χ0) is 16.5. The molecule has 21 heavy (non-hydrogen) atoms. The van der Waals surface area contributed by atoms with Crippen molar-refractivity contribution in [3.63, 3.8) is 0 Å². The Balaban J connectivity index is 0.00000122.